The lowest BCUT2D eigenvalue weighted by Crippen LogP contribution is -2.51. The van der Waals surface area contributed by atoms with Crippen LogP contribution in [0, 0.1) is 6.92 Å². The number of ether oxygens (including phenoxy) is 2. The number of hydrogen-bond acceptors (Lipinski definition) is 6. The lowest BCUT2D eigenvalue weighted by atomic mass is 9.90. The number of nitrogens with zero attached hydrogens (tertiary/aromatic N) is 4. The molecular formula is C24H28N6O3. The van der Waals surface area contributed by atoms with Crippen LogP contribution in [0.15, 0.2) is 35.5 Å². The van der Waals surface area contributed by atoms with Crippen molar-refractivity contribution in [2.24, 2.45) is 0 Å². The highest BCUT2D eigenvalue weighted by Crippen LogP contribution is 2.34. The molecule has 0 atom stereocenters. The molecule has 4 heterocycles. The molecule has 6 rings (SSSR count). The first-order valence-corrected chi connectivity index (χ1v) is 11.6. The summed E-state index contributed by atoms with van der Waals surface area (Å²) in [6.45, 7) is 3.72. The minimum Gasteiger partial charge on any atom is -0.493 e. The number of nitrogens with one attached hydrogen (secondary N) is 2. The Morgan fingerprint density at radius 2 is 1.97 bits per heavy atom. The molecule has 1 aliphatic heterocycles. The number of H-pyrrole nitrogens is 1. The molecule has 0 spiro atoms. The second kappa shape index (κ2) is 8.00. The van der Waals surface area contributed by atoms with Gasteiger partial charge in [0.2, 0.25) is 0 Å². The van der Waals surface area contributed by atoms with Crippen LogP contribution in [0.3, 0.4) is 0 Å². The van der Waals surface area contributed by atoms with E-state index in [0.29, 0.717) is 23.5 Å². The average molecular weight is 449 g/mol. The summed E-state index contributed by atoms with van der Waals surface area (Å²) < 4.78 is 14.5. The molecule has 33 heavy (non-hydrogen) atoms. The van der Waals surface area contributed by atoms with Crippen LogP contribution in [-0.2, 0) is 4.74 Å². The van der Waals surface area contributed by atoms with E-state index in [4.69, 9.17) is 9.47 Å². The Hall–Kier alpha value is -3.17. The second-order valence-electron chi connectivity index (χ2n) is 9.22. The van der Waals surface area contributed by atoms with E-state index >= 15 is 0 Å². The van der Waals surface area contributed by atoms with Gasteiger partial charge in [0.25, 0.3) is 0 Å². The van der Waals surface area contributed by atoms with Gasteiger partial charge in [0.15, 0.2) is 11.4 Å². The Morgan fingerprint density at radius 1 is 1.15 bits per heavy atom. The number of benzene rings is 1. The van der Waals surface area contributed by atoms with Crippen LogP contribution in [0.1, 0.15) is 37.3 Å². The second-order valence-corrected chi connectivity index (χ2v) is 9.22. The van der Waals surface area contributed by atoms with Crippen molar-refractivity contribution in [3.8, 4) is 16.9 Å². The molecule has 1 aromatic carbocycles. The zero-order valence-corrected chi connectivity index (χ0v) is 18.9. The molecule has 0 unspecified atom stereocenters. The third kappa shape index (κ3) is 3.52. The van der Waals surface area contributed by atoms with E-state index in [1.807, 2.05) is 16.8 Å². The number of rotatable bonds is 5. The summed E-state index contributed by atoms with van der Waals surface area (Å²) >= 11 is 0. The maximum atomic E-state index is 13.0. The van der Waals surface area contributed by atoms with E-state index in [9.17, 15) is 4.79 Å². The SMILES string of the molecule is COc1cc(-c2cc3[nH]c(=O)n([C@H]4CC[C@@H](NC5COC5)CC4)c3cc2C)cn2ncnc12. The normalized spacial score (nSPS) is 21.5. The fourth-order valence-electron chi connectivity index (χ4n) is 5.31. The van der Waals surface area contributed by atoms with E-state index in [1.165, 1.54) is 6.33 Å². The fourth-order valence-corrected chi connectivity index (χ4v) is 5.31. The van der Waals surface area contributed by atoms with Crippen LogP contribution in [0.25, 0.3) is 27.8 Å². The number of pyridine rings is 1. The summed E-state index contributed by atoms with van der Waals surface area (Å²) in [5.41, 5.74) is 5.55. The lowest BCUT2D eigenvalue weighted by Gasteiger charge is -2.35. The summed E-state index contributed by atoms with van der Waals surface area (Å²) in [5, 5.41) is 7.96. The highest BCUT2D eigenvalue weighted by atomic mass is 16.5. The first kappa shape index (κ1) is 20.4. The van der Waals surface area contributed by atoms with Gasteiger partial charge in [0.1, 0.15) is 6.33 Å². The van der Waals surface area contributed by atoms with Crippen molar-refractivity contribution < 1.29 is 9.47 Å². The number of hydrogen-bond donors (Lipinski definition) is 2. The van der Waals surface area contributed by atoms with Crippen LogP contribution in [0.2, 0.25) is 0 Å². The molecule has 172 valence electrons. The largest absolute Gasteiger partial charge is 0.493 e. The fraction of sp³-hybridized carbons (Fsp3) is 0.458. The standard InChI is InChI=1S/C24H28N6O3/c1-14-7-21-20(9-19(14)15-8-22(32-2)23-25-13-26-29(23)10-15)28-24(31)30(21)18-5-3-16(4-6-18)27-17-11-33-12-17/h7-10,13,16-18,27H,3-6,11-12H2,1-2H3,(H,28,31)/t16-,18+. The monoisotopic (exact) mass is 448 g/mol. The summed E-state index contributed by atoms with van der Waals surface area (Å²) in [4.78, 5) is 20.3. The molecule has 9 heteroatoms. The summed E-state index contributed by atoms with van der Waals surface area (Å²) in [5.74, 6) is 0.661. The van der Waals surface area contributed by atoms with E-state index < -0.39 is 0 Å². The van der Waals surface area contributed by atoms with Crippen LogP contribution in [0.5, 0.6) is 5.75 Å². The lowest BCUT2D eigenvalue weighted by molar-refractivity contribution is -0.0125. The first-order valence-electron chi connectivity index (χ1n) is 11.6. The zero-order valence-electron chi connectivity index (χ0n) is 18.9. The summed E-state index contributed by atoms with van der Waals surface area (Å²) in [6, 6.07) is 7.39. The molecule has 0 bridgehead atoms. The van der Waals surface area contributed by atoms with Gasteiger partial charge in [0.05, 0.1) is 37.4 Å². The van der Waals surface area contributed by atoms with E-state index in [0.717, 1.165) is 66.6 Å². The third-order valence-corrected chi connectivity index (χ3v) is 7.11. The minimum absolute atomic E-state index is 0.0327. The average Bonchev–Trinajstić information content (AvgIpc) is 3.39. The molecule has 1 saturated carbocycles. The minimum atomic E-state index is -0.0327. The van der Waals surface area contributed by atoms with Gasteiger partial charge in [-0.1, -0.05) is 0 Å². The maximum Gasteiger partial charge on any atom is 0.326 e. The van der Waals surface area contributed by atoms with E-state index in [1.54, 1.807) is 11.6 Å². The molecule has 1 aliphatic carbocycles. The molecule has 1 saturated heterocycles. The van der Waals surface area contributed by atoms with Crippen molar-refractivity contribution in [2.75, 3.05) is 20.3 Å². The quantitative estimate of drug-likeness (QED) is 0.487. The predicted octanol–water partition coefficient (Wildman–Crippen LogP) is 2.83. The maximum absolute atomic E-state index is 13.0. The summed E-state index contributed by atoms with van der Waals surface area (Å²) in [7, 11) is 1.63. The van der Waals surface area contributed by atoms with Crippen molar-refractivity contribution in [2.45, 2.75) is 50.7 Å². The van der Waals surface area contributed by atoms with Gasteiger partial charge in [-0.3, -0.25) is 4.57 Å². The molecule has 9 nitrogen and oxygen atoms in total. The molecule has 0 radical (unpaired) electrons. The number of aryl methyl sites for hydroxylation is 1. The molecule has 3 aromatic heterocycles. The van der Waals surface area contributed by atoms with Gasteiger partial charge in [-0.2, -0.15) is 5.10 Å². The smallest absolute Gasteiger partial charge is 0.326 e. The number of imidazole rings is 1. The molecule has 2 fully saturated rings. The van der Waals surface area contributed by atoms with Crippen molar-refractivity contribution in [1.82, 2.24) is 29.5 Å². The van der Waals surface area contributed by atoms with Gasteiger partial charge < -0.3 is 19.8 Å². The van der Waals surface area contributed by atoms with Crippen LogP contribution in [0.4, 0.5) is 0 Å². The van der Waals surface area contributed by atoms with Gasteiger partial charge in [-0.05, 0) is 61.9 Å². The van der Waals surface area contributed by atoms with Crippen molar-refractivity contribution in [3.05, 3.63) is 46.8 Å². The van der Waals surface area contributed by atoms with E-state index in [2.05, 4.69) is 39.4 Å². The molecule has 0 amide bonds. The van der Waals surface area contributed by atoms with Gasteiger partial charge in [-0.15, -0.1) is 0 Å². The topological polar surface area (TPSA) is 98.5 Å². The van der Waals surface area contributed by atoms with Crippen molar-refractivity contribution in [1.29, 1.82) is 0 Å². The highest BCUT2D eigenvalue weighted by molar-refractivity contribution is 5.85. The van der Waals surface area contributed by atoms with Gasteiger partial charge in [-0.25, -0.2) is 14.3 Å². The Bertz CT molecular complexity index is 1370. The molecule has 4 aromatic rings. The Kier molecular flexibility index (Phi) is 4.95. The number of aromatic nitrogens is 5. The number of fused-ring (bicyclic) bond motifs is 2. The third-order valence-electron chi connectivity index (χ3n) is 7.11. The summed E-state index contributed by atoms with van der Waals surface area (Å²) in [6.07, 6.45) is 7.61. The number of aromatic amines is 1. The molecular weight excluding hydrogens is 420 g/mol. The molecule has 2 N–H and O–H groups in total. The van der Waals surface area contributed by atoms with Crippen molar-refractivity contribution in [3.63, 3.8) is 0 Å². The molecule has 2 aliphatic rings. The Labute approximate surface area is 190 Å². The van der Waals surface area contributed by atoms with Crippen LogP contribution >= 0.6 is 0 Å². The van der Waals surface area contributed by atoms with Crippen LogP contribution in [-0.4, -0.2) is 56.6 Å². The van der Waals surface area contributed by atoms with Gasteiger partial charge >= 0.3 is 5.69 Å². The Morgan fingerprint density at radius 3 is 2.70 bits per heavy atom. The first-order chi connectivity index (χ1) is 16.1. The van der Waals surface area contributed by atoms with Gasteiger partial charge in [0, 0.05) is 23.8 Å². The number of methoxy groups -OCH3 is 1. The van der Waals surface area contributed by atoms with Crippen LogP contribution < -0.4 is 15.7 Å². The van der Waals surface area contributed by atoms with E-state index in [-0.39, 0.29) is 11.7 Å². The van der Waals surface area contributed by atoms with Crippen molar-refractivity contribution >= 4 is 16.7 Å². The Balaban J connectivity index is 1.32. The zero-order chi connectivity index (χ0) is 22.5. The highest BCUT2D eigenvalue weighted by Gasteiger charge is 2.28. The predicted molar refractivity (Wildman–Crippen MR) is 125 cm³/mol.